The molecule has 0 aliphatic carbocycles. The molecule has 192 valence electrons. The molecule has 5 nitrogen and oxygen atoms in total. The Kier molecular flexibility index (Phi) is 15.4. The maximum Gasteiger partial charge on any atom is 2.00 e. The van der Waals surface area contributed by atoms with Crippen LogP contribution in [-0.4, -0.2) is 29.3 Å². The number of hydrogen-bond acceptors (Lipinski definition) is 5. The Labute approximate surface area is 210 Å². The van der Waals surface area contributed by atoms with Gasteiger partial charge < -0.3 is 19.8 Å². The van der Waals surface area contributed by atoms with E-state index in [2.05, 4.69) is 62.2 Å². The minimum atomic E-state index is -5.19. The van der Waals surface area contributed by atoms with Gasteiger partial charge in [-0.05, 0) is 30.5 Å². The van der Waals surface area contributed by atoms with E-state index in [9.17, 15) is 26.3 Å². The standard InChI is InChI=1S/C10H14.C9H7N.2C2HF3O2.Ru/c1-8(2)10-6-4-9(3)5-7-10;1-2-6-9-8(4-1)5-3-7-10-9;2*3-2(4,5)1(6)7;/h4-8H,1-3H3;1-7H;2*(H,6,7);/q;;;;+2/p-2. The first-order valence-corrected chi connectivity index (χ1v) is 9.48. The van der Waals surface area contributed by atoms with Crippen LogP contribution < -0.4 is 10.2 Å². The van der Waals surface area contributed by atoms with Gasteiger partial charge in [0.2, 0.25) is 0 Å². The Morgan fingerprint density at radius 3 is 1.54 bits per heavy atom. The normalized spacial score (nSPS) is 10.3. The zero-order valence-corrected chi connectivity index (χ0v) is 20.4. The van der Waals surface area contributed by atoms with Crippen molar-refractivity contribution < 1.29 is 65.6 Å². The molecule has 35 heavy (non-hydrogen) atoms. The van der Waals surface area contributed by atoms with Crippen LogP contribution in [0.4, 0.5) is 26.3 Å². The van der Waals surface area contributed by atoms with Crippen LogP contribution in [-0.2, 0) is 29.1 Å². The van der Waals surface area contributed by atoms with Crippen LogP contribution in [0.2, 0.25) is 0 Å². The van der Waals surface area contributed by atoms with Gasteiger partial charge >= 0.3 is 31.8 Å². The van der Waals surface area contributed by atoms with Gasteiger partial charge in [-0.2, -0.15) is 26.3 Å². The van der Waals surface area contributed by atoms with E-state index in [1.807, 2.05) is 30.5 Å². The molecule has 2 aromatic carbocycles. The first kappa shape index (κ1) is 34.2. The zero-order valence-electron chi connectivity index (χ0n) is 18.6. The van der Waals surface area contributed by atoms with Gasteiger partial charge in [-0.3, -0.25) is 4.98 Å². The number of alkyl halides is 6. The Balaban J connectivity index is 0. The molecule has 0 amide bonds. The maximum atomic E-state index is 10.5. The van der Waals surface area contributed by atoms with Gasteiger partial charge in [0.1, 0.15) is 11.9 Å². The van der Waals surface area contributed by atoms with Crippen molar-refractivity contribution in [3.8, 4) is 0 Å². The topological polar surface area (TPSA) is 93.1 Å². The number of aryl methyl sites for hydroxylation is 1. The van der Waals surface area contributed by atoms with E-state index < -0.39 is 24.3 Å². The van der Waals surface area contributed by atoms with Crippen LogP contribution in [0.15, 0.2) is 66.9 Å². The summed E-state index contributed by atoms with van der Waals surface area (Å²) in [7, 11) is 0. The number of hydrogen-bond donors (Lipinski definition) is 0. The Bertz CT molecular complexity index is 949. The molecule has 0 aliphatic rings. The van der Waals surface area contributed by atoms with E-state index in [0.29, 0.717) is 5.92 Å². The van der Waals surface area contributed by atoms with Gasteiger partial charge in [0, 0.05) is 11.6 Å². The quantitative estimate of drug-likeness (QED) is 0.316. The monoisotopic (exact) mass is 591 g/mol. The number of carbonyl (C=O) groups is 2. The smallest absolute Gasteiger partial charge is 0.542 e. The SMILES string of the molecule is Cc1ccc(C(C)C)cc1.O=C([O-])C(F)(F)F.O=C([O-])C(F)(F)F.[Ru+2].c1ccc2ncccc2c1. The number of aromatic nitrogens is 1. The van der Waals surface area contributed by atoms with Crippen molar-refractivity contribution in [2.75, 3.05) is 0 Å². The van der Waals surface area contributed by atoms with Crippen molar-refractivity contribution in [3.63, 3.8) is 0 Å². The van der Waals surface area contributed by atoms with Crippen molar-refractivity contribution in [1.29, 1.82) is 0 Å². The second kappa shape index (κ2) is 15.8. The molecule has 1 heterocycles. The van der Waals surface area contributed by atoms with Crippen molar-refractivity contribution >= 4 is 22.8 Å². The summed E-state index contributed by atoms with van der Waals surface area (Å²) in [5, 5.41) is 18.8. The van der Waals surface area contributed by atoms with Crippen molar-refractivity contribution in [2.24, 2.45) is 0 Å². The third kappa shape index (κ3) is 15.5. The Hall–Kier alpha value is -3.01. The molecule has 0 bridgehead atoms. The molecule has 0 spiro atoms. The fourth-order valence-corrected chi connectivity index (χ4v) is 1.97. The van der Waals surface area contributed by atoms with Gasteiger partial charge in [-0.1, -0.05) is 67.9 Å². The summed E-state index contributed by atoms with van der Waals surface area (Å²) in [5.41, 5.74) is 3.82. The molecule has 0 N–H and O–H groups in total. The summed E-state index contributed by atoms with van der Waals surface area (Å²) in [4.78, 5) is 21.8. The van der Waals surface area contributed by atoms with E-state index in [-0.39, 0.29) is 19.5 Å². The number of nitrogens with zero attached hydrogens (tertiary/aromatic N) is 1. The molecule has 0 unspecified atom stereocenters. The third-order valence-electron chi connectivity index (χ3n) is 3.72. The average Bonchev–Trinajstić information content (AvgIpc) is 2.74. The molecular formula is C23H21F6NO4Ru. The Morgan fingerprint density at radius 1 is 0.771 bits per heavy atom. The summed E-state index contributed by atoms with van der Waals surface area (Å²) in [6.45, 7) is 6.54. The molecule has 0 radical (unpaired) electrons. The number of aliphatic carboxylic acids is 2. The molecule has 0 saturated heterocycles. The number of carbonyl (C=O) groups excluding carboxylic acids is 2. The number of fused-ring (bicyclic) bond motifs is 1. The molecule has 0 atom stereocenters. The minimum absolute atomic E-state index is 0. The number of benzene rings is 2. The number of halogens is 6. The van der Waals surface area contributed by atoms with Crippen LogP contribution in [0.5, 0.6) is 0 Å². The maximum absolute atomic E-state index is 10.5. The second-order valence-corrected chi connectivity index (χ2v) is 6.83. The van der Waals surface area contributed by atoms with Gasteiger partial charge in [0.15, 0.2) is 0 Å². The van der Waals surface area contributed by atoms with E-state index in [1.165, 1.54) is 16.5 Å². The fraction of sp³-hybridized carbons (Fsp3) is 0.261. The molecule has 3 aromatic rings. The molecule has 0 saturated carbocycles. The predicted octanol–water partition coefficient (Wildman–Crippen LogP) is 3.95. The third-order valence-corrected chi connectivity index (χ3v) is 3.72. The van der Waals surface area contributed by atoms with Crippen LogP contribution in [0.3, 0.4) is 0 Å². The van der Waals surface area contributed by atoms with E-state index >= 15 is 0 Å². The van der Waals surface area contributed by atoms with Crippen molar-refractivity contribution in [1.82, 2.24) is 4.98 Å². The summed E-state index contributed by atoms with van der Waals surface area (Å²) in [5.74, 6) is -5.36. The van der Waals surface area contributed by atoms with E-state index in [0.717, 1.165) is 5.52 Å². The van der Waals surface area contributed by atoms with E-state index in [4.69, 9.17) is 19.8 Å². The number of para-hydroxylation sites is 1. The summed E-state index contributed by atoms with van der Waals surface area (Å²) < 4.78 is 63.1. The van der Waals surface area contributed by atoms with Gasteiger partial charge in [-0.25, -0.2) is 0 Å². The number of pyridine rings is 1. The molecule has 0 aliphatic heterocycles. The van der Waals surface area contributed by atoms with Crippen molar-refractivity contribution in [2.45, 2.75) is 39.0 Å². The zero-order chi connectivity index (χ0) is 26.5. The second-order valence-electron chi connectivity index (χ2n) is 6.83. The predicted molar refractivity (Wildman–Crippen MR) is 109 cm³/mol. The fourth-order valence-electron chi connectivity index (χ4n) is 1.97. The molecule has 0 fully saturated rings. The summed E-state index contributed by atoms with van der Waals surface area (Å²) >= 11 is 0. The minimum Gasteiger partial charge on any atom is -0.542 e. The number of carboxylic acids is 2. The number of rotatable bonds is 1. The summed E-state index contributed by atoms with van der Waals surface area (Å²) in [6, 6.07) is 20.8. The largest absolute Gasteiger partial charge is 2.00 e. The first-order chi connectivity index (χ1) is 15.6. The molecule has 3 rings (SSSR count). The van der Waals surface area contributed by atoms with E-state index in [1.54, 1.807) is 0 Å². The van der Waals surface area contributed by atoms with Crippen LogP contribution in [0.25, 0.3) is 10.9 Å². The van der Waals surface area contributed by atoms with Crippen LogP contribution >= 0.6 is 0 Å². The molecule has 1 aromatic heterocycles. The van der Waals surface area contributed by atoms with Gasteiger partial charge in [-0.15, -0.1) is 0 Å². The average molecular weight is 590 g/mol. The Morgan fingerprint density at radius 2 is 1.17 bits per heavy atom. The first-order valence-electron chi connectivity index (χ1n) is 9.48. The van der Waals surface area contributed by atoms with Gasteiger partial charge in [0.05, 0.1) is 5.52 Å². The van der Waals surface area contributed by atoms with Crippen molar-refractivity contribution in [3.05, 3.63) is 78.0 Å². The molecule has 12 heteroatoms. The van der Waals surface area contributed by atoms with Gasteiger partial charge in [0.25, 0.3) is 0 Å². The van der Waals surface area contributed by atoms with Crippen LogP contribution in [0.1, 0.15) is 30.9 Å². The van der Waals surface area contributed by atoms with Crippen LogP contribution in [0, 0.1) is 6.92 Å². The number of carboxylic acid groups (broad SMARTS) is 2. The molecular weight excluding hydrogens is 569 g/mol. The summed E-state index contributed by atoms with van der Waals surface area (Å²) in [6.07, 6.45) is -8.58.